The van der Waals surface area contributed by atoms with Crippen molar-refractivity contribution in [2.45, 2.75) is 31.2 Å². The van der Waals surface area contributed by atoms with Gasteiger partial charge in [-0.3, -0.25) is 0 Å². The molecule has 0 bridgehead atoms. The van der Waals surface area contributed by atoms with E-state index in [1.54, 1.807) is 6.26 Å². The van der Waals surface area contributed by atoms with Crippen LogP contribution >= 0.6 is 11.8 Å². The van der Waals surface area contributed by atoms with Gasteiger partial charge in [0.15, 0.2) is 0 Å². The number of anilines is 1. The lowest BCUT2D eigenvalue weighted by Crippen LogP contribution is -2.18. The van der Waals surface area contributed by atoms with Crippen molar-refractivity contribution in [2.75, 3.05) is 11.1 Å². The van der Waals surface area contributed by atoms with Crippen molar-refractivity contribution in [1.29, 1.82) is 0 Å². The molecular formula is C15H19NOS. The van der Waals surface area contributed by atoms with Crippen molar-refractivity contribution in [3.8, 4) is 0 Å². The average Bonchev–Trinajstić information content (AvgIpc) is 2.84. The molecule has 0 aliphatic heterocycles. The van der Waals surface area contributed by atoms with Crippen molar-refractivity contribution in [1.82, 2.24) is 0 Å². The molecule has 1 aromatic carbocycles. The molecule has 3 heteroatoms. The van der Waals surface area contributed by atoms with Gasteiger partial charge in [-0.25, -0.2) is 0 Å². The molecule has 1 atom stereocenters. The van der Waals surface area contributed by atoms with E-state index >= 15 is 0 Å². The monoisotopic (exact) mass is 261 g/mol. The van der Waals surface area contributed by atoms with Crippen molar-refractivity contribution in [3.05, 3.63) is 48.4 Å². The van der Waals surface area contributed by atoms with Gasteiger partial charge in [0.1, 0.15) is 5.76 Å². The van der Waals surface area contributed by atoms with Crippen LogP contribution < -0.4 is 5.32 Å². The minimum absolute atomic E-state index is 0.356. The Kier molecular flexibility index (Phi) is 4.76. The van der Waals surface area contributed by atoms with Gasteiger partial charge >= 0.3 is 0 Å². The van der Waals surface area contributed by atoms with Crippen LogP contribution in [-0.4, -0.2) is 11.8 Å². The third-order valence-corrected chi connectivity index (χ3v) is 3.63. The summed E-state index contributed by atoms with van der Waals surface area (Å²) in [4.78, 5) is 1.31. The number of nitrogens with one attached hydrogen (secondary N) is 1. The van der Waals surface area contributed by atoms with E-state index in [0.29, 0.717) is 6.04 Å². The highest BCUT2D eigenvalue weighted by atomic mass is 32.2. The highest BCUT2D eigenvalue weighted by molar-refractivity contribution is 7.99. The third kappa shape index (κ3) is 3.57. The molecule has 2 nitrogen and oxygen atoms in total. The molecule has 0 radical (unpaired) electrons. The van der Waals surface area contributed by atoms with Gasteiger partial charge in [0.05, 0.1) is 6.26 Å². The maximum Gasteiger partial charge on any atom is 0.105 e. The lowest BCUT2D eigenvalue weighted by molar-refractivity contribution is 0.497. The minimum Gasteiger partial charge on any atom is -0.469 e. The van der Waals surface area contributed by atoms with Crippen molar-refractivity contribution < 1.29 is 4.42 Å². The Bertz CT molecular complexity index is 467. The summed E-state index contributed by atoms with van der Waals surface area (Å²) < 4.78 is 5.37. The second-order valence-electron chi connectivity index (χ2n) is 4.26. The first-order valence-electron chi connectivity index (χ1n) is 6.30. The molecule has 2 aromatic rings. The first-order valence-corrected chi connectivity index (χ1v) is 7.29. The van der Waals surface area contributed by atoms with Gasteiger partial charge in [0.25, 0.3) is 0 Å². The predicted octanol–water partition coefficient (Wildman–Crippen LogP) is 4.43. The Morgan fingerprint density at radius 1 is 1.22 bits per heavy atom. The Morgan fingerprint density at radius 3 is 2.78 bits per heavy atom. The smallest absolute Gasteiger partial charge is 0.105 e. The Hall–Kier alpha value is -1.35. The predicted molar refractivity (Wildman–Crippen MR) is 78.3 cm³/mol. The van der Waals surface area contributed by atoms with E-state index in [0.717, 1.165) is 17.9 Å². The first kappa shape index (κ1) is 13.1. The van der Waals surface area contributed by atoms with Gasteiger partial charge in [-0.15, -0.1) is 11.8 Å². The molecule has 0 amide bonds. The first-order chi connectivity index (χ1) is 8.79. The number of thioether (sulfide) groups is 1. The zero-order valence-electron chi connectivity index (χ0n) is 10.8. The molecule has 1 aromatic heterocycles. The molecule has 0 aliphatic rings. The maximum absolute atomic E-state index is 5.37. The van der Waals surface area contributed by atoms with Crippen LogP contribution in [0.5, 0.6) is 0 Å². The fourth-order valence-corrected chi connectivity index (χ4v) is 2.68. The summed E-state index contributed by atoms with van der Waals surface area (Å²) in [6, 6.07) is 12.8. The zero-order chi connectivity index (χ0) is 12.8. The van der Waals surface area contributed by atoms with E-state index in [2.05, 4.69) is 43.4 Å². The Balaban J connectivity index is 2.00. The van der Waals surface area contributed by atoms with E-state index in [9.17, 15) is 0 Å². The molecule has 0 saturated carbocycles. The van der Waals surface area contributed by atoms with Crippen LogP contribution in [0.15, 0.2) is 52.0 Å². The molecule has 0 spiro atoms. The summed E-state index contributed by atoms with van der Waals surface area (Å²) >= 11 is 1.87. The summed E-state index contributed by atoms with van der Waals surface area (Å²) in [7, 11) is 0. The summed E-state index contributed by atoms with van der Waals surface area (Å²) in [5.41, 5.74) is 1.21. The number of hydrogen-bond acceptors (Lipinski definition) is 3. The fourth-order valence-electron chi connectivity index (χ4n) is 1.91. The molecule has 0 saturated heterocycles. The second-order valence-corrected chi connectivity index (χ2v) is 5.56. The summed E-state index contributed by atoms with van der Waals surface area (Å²) in [6.07, 6.45) is 2.63. The van der Waals surface area contributed by atoms with Crippen LogP contribution in [0, 0.1) is 0 Å². The van der Waals surface area contributed by atoms with Gasteiger partial charge in [-0.2, -0.15) is 0 Å². The molecule has 1 N–H and O–H groups in total. The Labute approximate surface area is 113 Å². The topological polar surface area (TPSA) is 25.2 Å². The van der Waals surface area contributed by atoms with E-state index in [4.69, 9.17) is 4.42 Å². The molecule has 1 unspecified atom stereocenters. The van der Waals surface area contributed by atoms with Crippen LogP contribution in [0.3, 0.4) is 0 Å². The highest BCUT2D eigenvalue weighted by Crippen LogP contribution is 2.27. The van der Waals surface area contributed by atoms with E-state index in [1.165, 1.54) is 10.6 Å². The van der Waals surface area contributed by atoms with Crippen molar-refractivity contribution >= 4 is 17.4 Å². The third-order valence-electron chi connectivity index (χ3n) is 2.68. The highest BCUT2D eigenvalue weighted by Gasteiger charge is 2.08. The van der Waals surface area contributed by atoms with Gasteiger partial charge in [-0.1, -0.05) is 19.1 Å². The van der Waals surface area contributed by atoms with Crippen molar-refractivity contribution in [3.63, 3.8) is 0 Å². The molecule has 2 rings (SSSR count). The van der Waals surface area contributed by atoms with Gasteiger partial charge in [-0.05, 0) is 36.9 Å². The van der Waals surface area contributed by atoms with Gasteiger partial charge < -0.3 is 9.73 Å². The fraction of sp³-hybridized carbons (Fsp3) is 0.333. The molecule has 0 aliphatic carbocycles. The summed E-state index contributed by atoms with van der Waals surface area (Å²) in [5, 5.41) is 3.55. The number of hydrogen-bond donors (Lipinski definition) is 1. The largest absolute Gasteiger partial charge is 0.469 e. The lowest BCUT2D eigenvalue weighted by Gasteiger charge is -2.16. The number of furan rings is 1. The standard InChI is InChI=1S/C15H19NOS/c1-3-18-15-9-5-4-8-14(15)16-12(2)11-13-7-6-10-17-13/h4-10,12,16H,3,11H2,1-2H3. The van der Waals surface area contributed by atoms with E-state index in [1.807, 2.05) is 23.9 Å². The van der Waals surface area contributed by atoms with E-state index < -0.39 is 0 Å². The number of rotatable bonds is 6. The molecule has 96 valence electrons. The van der Waals surface area contributed by atoms with Crippen LogP contribution in [0.4, 0.5) is 5.69 Å². The average molecular weight is 261 g/mol. The second kappa shape index (κ2) is 6.55. The zero-order valence-corrected chi connectivity index (χ0v) is 11.7. The molecular weight excluding hydrogens is 242 g/mol. The maximum atomic E-state index is 5.37. The molecule has 1 heterocycles. The van der Waals surface area contributed by atoms with Gasteiger partial charge in [0, 0.05) is 23.0 Å². The number of benzene rings is 1. The summed E-state index contributed by atoms with van der Waals surface area (Å²) in [6.45, 7) is 4.35. The quantitative estimate of drug-likeness (QED) is 0.778. The van der Waals surface area contributed by atoms with Crippen LogP contribution in [0.25, 0.3) is 0 Å². The summed E-state index contributed by atoms with van der Waals surface area (Å²) in [5.74, 6) is 2.11. The Morgan fingerprint density at radius 2 is 2.06 bits per heavy atom. The van der Waals surface area contributed by atoms with Crippen LogP contribution in [0.1, 0.15) is 19.6 Å². The normalized spacial score (nSPS) is 12.3. The lowest BCUT2D eigenvalue weighted by atomic mass is 10.2. The number of para-hydroxylation sites is 1. The van der Waals surface area contributed by atoms with Crippen molar-refractivity contribution in [2.24, 2.45) is 0 Å². The van der Waals surface area contributed by atoms with Crippen LogP contribution in [0.2, 0.25) is 0 Å². The minimum atomic E-state index is 0.356. The SMILES string of the molecule is CCSc1ccccc1NC(C)Cc1ccco1. The van der Waals surface area contributed by atoms with E-state index in [-0.39, 0.29) is 0 Å². The van der Waals surface area contributed by atoms with Crippen LogP contribution in [-0.2, 0) is 6.42 Å². The van der Waals surface area contributed by atoms with Gasteiger partial charge in [0.2, 0.25) is 0 Å². The molecule has 0 fully saturated rings. The molecule has 18 heavy (non-hydrogen) atoms.